The number of carbonyl (C=O) groups excluding carboxylic acids is 1. The lowest BCUT2D eigenvalue weighted by molar-refractivity contribution is 0.0944. The van der Waals surface area contributed by atoms with Gasteiger partial charge in [0.2, 0.25) is 0 Å². The summed E-state index contributed by atoms with van der Waals surface area (Å²) in [5.74, 6) is -0.349. The number of nitrogens with one attached hydrogen (secondary N) is 1. The van der Waals surface area contributed by atoms with Gasteiger partial charge in [0.05, 0.1) is 22.9 Å². The van der Waals surface area contributed by atoms with E-state index in [2.05, 4.69) is 15.4 Å². The Morgan fingerprint density at radius 2 is 1.56 bits per heavy atom. The molecule has 5 aromatic rings. The molecule has 0 radical (unpaired) electrons. The van der Waals surface area contributed by atoms with E-state index in [9.17, 15) is 4.79 Å². The summed E-state index contributed by atoms with van der Waals surface area (Å²) in [6.07, 6.45) is 3.02. The van der Waals surface area contributed by atoms with Gasteiger partial charge < -0.3 is 5.32 Å². The maximum Gasteiger partial charge on any atom is 0.272 e. The molecule has 0 aliphatic rings. The molecule has 0 aliphatic heterocycles. The van der Waals surface area contributed by atoms with Crippen molar-refractivity contribution in [2.75, 3.05) is 0 Å². The van der Waals surface area contributed by atoms with Crippen LogP contribution in [0.4, 0.5) is 0 Å². The number of aryl methyl sites for hydroxylation is 2. The van der Waals surface area contributed by atoms with Gasteiger partial charge in [-0.2, -0.15) is 10.2 Å². The molecule has 0 unspecified atom stereocenters. The first-order valence-electron chi connectivity index (χ1n) is 11.9. The Morgan fingerprint density at radius 1 is 0.872 bits per heavy atom. The number of hydrogen-bond acceptors (Lipinski definition) is 4. The standard InChI is InChI=1S/C28H22Cl4N6O/c1-16-9-21(31)10-17(2)22(16)12-34-28(39)26-23(13-37-15-33-14-35-37)27(18-3-5-19(29)6-4-18)38(36-26)25-8-7-20(30)11-24(25)32/h3-11,14-15H,12-13H2,1-2H3,(H,34,39). The summed E-state index contributed by atoms with van der Waals surface area (Å²) >= 11 is 25.2. The Kier molecular flexibility index (Phi) is 7.96. The average molecular weight is 600 g/mol. The van der Waals surface area contributed by atoms with Gasteiger partial charge in [0, 0.05) is 32.7 Å². The van der Waals surface area contributed by atoms with E-state index in [-0.39, 0.29) is 18.1 Å². The van der Waals surface area contributed by atoms with Crippen LogP contribution in [0.3, 0.4) is 0 Å². The summed E-state index contributed by atoms with van der Waals surface area (Å²) < 4.78 is 3.29. The Bertz CT molecular complexity index is 1640. The molecule has 2 aromatic heterocycles. The van der Waals surface area contributed by atoms with Gasteiger partial charge in [0.15, 0.2) is 5.69 Å². The van der Waals surface area contributed by atoms with Gasteiger partial charge in [-0.15, -0.1) is 0 Å². The predicted molar refractivity (Wildman–Crippen MR) is 155 cm³/mol. The topological polar surface area (TPSA) is 77.6 Å². The highest BCUT2D eigenvalue weighted by molar-refractivity contribution is 6.35. The smallest absolute Gasteiger partial charge is 0.272 e. The fourth-order valence-corrected chi connectivity index (χ4v) is 5.40. The van der Waals surface area contributed by atoms with E-state index < -0.39 is 0 Å². The van der Waals surface area contributed by atoms with Crippen LogP contribution < -0.4 is 5.32 Å². The number of rotatable bonds is 7. The van der Waals surface area contributed by atoms with E-state index in [0.717, 1.165) is 22.3 Å². The summed E-state index contributed by atoms with van der Waals surface area (Å²) in [6, 6.07) is 16.2. The number of halogens is 4. The van der Waals surface area contributed by atoms with Gasteiger partial charge in [-0.3, -0.25) is 4.79 Å². The molecule has 7 nitrogen and oxygen atoms in total. The monoisotopic (exact) mass is 598 g/mol. The van der Waals surface area contributed by atoms with Crippen LogP contribution in [-0.4, -0.2) is 30.5 Å². The first-order chi connectivity index (χ1) is 18.7. The second-order valence-electron chi connectivity index (χ2n) is 8.98. The van der Waals surface area contributed by atoms with Crippen molar-refractivity contribution in [1.82, 2.24) is 29.9 Å². The molecular formula is C28H22Cl4N6O. The summed E-state index contributed by atoms with van der Waals surface area (Å²) in [5, 5.41) is 14.2. The van der Waals surface area contributed by atoms with Crippen LogP contribution in [0.2, 0.25) is 20.1 Å². The molecule has 5 rings (SSSR count). The molecule has 3 aromatic carbocycles. The highest BCUT2D eigenvalue weighted by Crippen LogP contribution is 2.34. The van der Waals surface area contributed by atoms with Gasteiger partial charge in [-0.05, 0) is 73.0 Å². The molecule has 0 atom stereocenters. The van der Waals surface area contributed by atoms with Gasteiger partial charge in [-0.25, -0.2) is 14.3 Å². The number of nitrogens with zero attached hydrogens (tertiary/aromatic N) is 5. The largest absolute Gasteiger partial charge is 0.347 e. The van der Waals surface area contributed by atoms with Gasteiger partial charge in [-0.1, -0.05) is 58.5 Å². The van der Waals surface area contributed by atoms with Gasteiger partial charge >= 0.3 is 0 Å². The predicted octanol–water partition coefficient (Wildman–Crippen LogP) is 7.34. The maximum absolute atomic E-state index is 13.7. The maximum atomic E-state index is 13.7. The van der Waals surface area contributed by atoms with Crippen LogP contribution in [0.5, 0.6) is 0 Å². The molecule has 0 aliphatic carbocycles. The van der Waals surface area contributed by atoms with Crippen LogP contribution in [0.1, 0.15) is 32.7 Å². The number of amides is 1. The van der Waals surface area contributed by atoms with Crippen molar-refractivity contribution in [3.63, 3.8) is 0 Å². The number of hydrogen-bond donors (Lipinski definition) is 1. The molecule has 198 valence electrons. The lowest BCUT2D eigenvalue weighted by Gasteiger charge is -2.12. The highest BCUT2D eigenvalue weighted by Gasteiger charge is 2.26. The summed E-state index contributed by atoms with van der Waals surface area (Å²) in [6.45, 7) is 4.48. The first kappa shape index (κ1) is 27.2. The van der Waals surface area contributed by atoms with Gasteiger partial charge in [0.1, 0.15) is 12.7 Å². The van der Waals surface area contributed by atoms with E-state index in [1.54, 1.807) is 46.0 Å². The third-order valence-electron chi connectivity index (χ3n) is 6.33. The fraction of sp³-hybridized carbons (Fsp3) is 0.143. The van der Waals surface area contributed by atoms with Crippen LogP contribution in [0.25, 0.3) is 16.9 Å². The molecule has 0 saturated carbocycles. The zero-order valence-corrected chi connectivity index (χ0v) is 23.9. The average Bonchev–Trinajstić information content (AvgIpc) is 3.52. The minimum atomic E-state index is -0.349. The van der Waals surface area contributed by atoms with Crippen molar-refractivity contribution in [1.29, 1.82) is 0 Å². The Labute approximate surface area is 245 Å². The van der Waals surface area contributed by atoms with Crippen molar-refractivity contribution in [3.8, 4) is 16.9 Å². The number of aromatic nitrogens is 5. The van der Waals surface area contributed by atoms with E-state index in [0.29, 0.717) is 43.6 Å². The van der Waals surface area contributed by atoms with E-state index >= 15 is 0 Å². The zero-order valence-electron chi connectivity index (χ0n) is 20.9. The molecule has 39 heavy (non-hydrogen) atoms. The van der Waals surface area contributed by atoms with Crippen molar-refractivity contribution in [2.24, 2.45) is 0 Å². The van der Waals surface area contributed by atoms with Crippen LogP contribution in [-0.2, 0) is 13.1 Å². The quantitative estimate of drug-likeness (QED) is 0.212. The summed E-state index contributed by atoms with van der Waals surface area (Å²) in [4.78, 5) is 17.8. The molecule has 0 spiro atoms. The SMILES string of the molecule is Cc1cc(Cl)cc(C)c1CNC(=O)c1nn(-c2ccc(Cl)cc2Cl)c(-c2ccc(Cl)cc2)c1Cn1cncn1. The van der Waals surface area contributed by atoms with E-state index in [1.165, 1.54) is 6.33 Å². The minimum absolute atomic E-state index is 0.228. The lowest BCUT2D eigenvalue weighted by atomic mass is 10.0. The molecule has 11 heteroatoms. The second-order valence-corrected chi connectivity index (χ2v) is 10.7. The lowest BCUT2D eigenvalue weighted by Crippen LogP contribution is -2.25. The van der Waals surface area contributed by atoms with Crippen LogP contribution in [0.15, 0.2) is 67.3 Å². The van der Waals surface area contributed by atoms with E-state index in [1.807, 2.05) is 38.1 Å². The minimum Gasteiger partial charge on any atom is -0.347 e. The van der Waals surface area contributed by atoms with E-state index in [4.69, 9.17) is 51.5 Å². The number of carbonyl (C=O) groups is 1. The van der Waals surface area contributed by atoms with Crippen molar-refractivity contribution in [3.05, 3.63) is 115 Å². The number of benzene rings is 3. The third kappa shape index (κ3) is 5.82. The second kappa shape index (κ2) is 11.4. The molecule has 2 heterocycles. The molecule has 0 fully saturated rings. The molecule has 1 N–H and O–H groups in total. The molecular weight excluding hydrogens is 578 g/mol. The normalized spacial score (nSPS) is 11.1. The van der Waals surface area contributed by atoms with Gasteiger partial charge in [0.25, 0.3) is 5.91 Å². The Balaban J connectivity index is 1.65. The first-order valence-corrected chi connectivity index (χ1v) is 13.4. The molecule has 1 amide bonds. The molecule has 0 bridgehead atoms. The van der Waals surface area contributed by atoms with Crippen molar-refractivity contribution >= 4 is 52.3 Å². The Hall–Kier alpha value is -3.36. The Morgan fingerprint density at radius 3 is 2.21 bits per heavy atom. The third-order valence-corrected chi connectivity index (χ3v) is 7.34. The highest BCUT2D eigenvalue weighted by atomic mass is 35.5. The summed E-state index contributed by atoms with van der Waals surface area (Å²) in [5.41, 5.74) is 5.85. The van der Waals surface area contributed by atoms with Crippen molar-refractivity contribution < 1.29 is 4.79 Å². The molecule has 0 saturated heterocycles. The fourth-order valence-electron chi connectivity index (χ4n) is 4.46. The zero-order chi connectivity index (χ0) is 27.7. The van der Waals surface area contributed by atoms with Crippen LogP contribution >= 0.6 is 46.4 Å². The van der Waals surface area contributed by atoms with Crippen molar-refractivity contribution in [2.45, 2.75) is 26.9 Å². The van der Waals surface area contributed by atoms with Crippen LogP contribution in [0, 0.1) is 13.8 Å². The summed E-state index contributed by atoms with van der Waals surface area (Å²) in [7, 11) is 0.